The minimum Gasteiger partial charge on any atom is -0.453 e. The van der Waals surface area contributed by atoms with Gasteiger partial charge in [0.25, 0.3) is 0 Å². The molecule has 13 heavy (non-hydrogen) atoms. The van der Waals surface area contributed by atoms with Gasteiger partial charge in [0.1, 0.15) is 5.78 Å². The SMILES string of the molecule is COC(=O)N[C@@H]1CCC[C@H]1C(C)=O. The molecule has 0 bridgehead atoms. The maximum atomic E-state index is 11.1. The zero-order valence-corrected chi connectivity index (χ0v) is 8.00. The molecule has 2 atom stereocenters. The van der Waals surface area contributed by atoms with Crippen molar-refractivity contribution in [2.45, 2.75) is 32.2 Å². The highest BCUT2D eigenvalue weighted by Crippen LogP contribution is 2.26. The van der Waals surface area contributed by atoms with Crippen molar-refractivity contribution in [1.82, 2.24) is 5.32 Å². The third-order valence-electron chi connectivity index (χ3n) is 2.53. The molecule has 0 unspecified atom stereocenters. The predicted octanol–water partition coefficient (Wildman–Crippen LogP) is 1.10. The summed E-state index contributed by atoms with van der Waals surface area (Å²) in [4.78, 5) is 22.0. The molecule has 1 amide bonds. The number of ketones is 1. The van der Waals surface area contributed by atoms with Gasteiger partial charge >= 0.3 is 6.09 Å². The Morgan fingerprint density at radius 3 is 2.62 bits per heavy atom. The maximum absolute atomic E-state index is 11.1. The lowest BCUT2D eigenvalue weighted by atomic mass is 10.00. The largest absolute Gasteiger partial charge is 0.453 e. The molecule has 0 aliphatic heterocycles. The number of alkyl carbamates (subject to hydrolysis) is 1. The summed E-state index contributed by atoms with van der Waals surface area (Å²) in [7, 11) is 1.33. The van der Waals surface area contributed by atoms with Crippen LogP contribution in [0, 0.1) is 5.92 Å². The van der Waals surface area contributed by atoms with Gasteiger partial charge in [0.05, 0.1) is 7.11 Å². The highest BCUT2D eigenvalue weighted by Gasteiger charge is 2.31. The van der Waals surface area contributed by atoms with E-state index in [1.54, 1.807) is 6.92 Å². The van der Waals surface area contributed by atoms with Crippen LogP contribution in [-0.4, -0.2) is 25.0 Å². The first-order valence-corrected chi connectivity index (χ1v) is 4.50. The van der Waals surface area contributed by atoms with Gasteiger partial charge in [-0.05, 0) is 19.8 Å². The van der Waals surface area contributed by atoms with Gasteiger partial charge in [-0.1, -0.05) is 6.42 Å². The molecule has 1 fully saturated rings. The molecular formula is C9H15NO3. The average Bonchev–Trinajstić information content (AvgIpc) is 2.52. The number of methoxy groups -OCH3 is 1. The molecule has 1 rings (SSSR count). The molecule has 0 aromatic rings. The van der Waals surface area contributed by atoms with Crippen molar-refractivity contribution in [2.75, 3.05) is 7.11 Å². The number of hydrogen-bond donors (Lipinski definition) is 1. The fourth-order valence-electron chi connectivity index (χ4n) is 1.83. The molecule has 1 aliphatic rings. The minimum atomic E-state index is -0.446. The lowest BCUT2D eigenvalue weighted by Gasteiger charge is -2.17. The van der Waals surface area contributed by atoms with Crippen molar-refractivity contribution < 1.29 is 14.3 Å². The smallest absolute Gasteiger partial charge is 0.407 e. The summed E-state index contributed by atoms with van der Waals surface area (Å²) in [5, 5.41) is 2.68. The summed E-state index contributed by atoms with van der Waals surface area (Å²) in [6, 6.07) is -0.0232. The summed E-state index contributed by atoms with van der Waals surface area (Å²) in [6.45, 7) is 1.57. The fraction of sp³-hybridized carbons (Fsp3) is 0.778. The van der Waals surface area contributed by atoms with Gasteiger partial charge < -0.3 is 10.1 Å². The second-order valence-electron chi connectivity index (χ2n) is 3.39. The summed E-state index contributed by atoms with van der Waals surface area (Å²) in [5.74, 6) is 0.137. The van der Waals surface area contributed by atoms with Crippen LogP contribution in [0.2, 0.25) is 0 Å². The number of nitrogens with one attached hydrogen (secondary N) is 1. The normalized spacial score (nSPS) is 26.9. The van der Waals surface area contributed by atoms with Crippen LogP contribution in [0.25, 0.3) is 0 Å². The third-order valence-corrected chi connectivity index (χ3v) is 2.53. The van der Waals surface area contributed by atoms with Crippen LogP contribution in [0.1, 0.15) is 26.2 Å². The van der Waals surface area contributed by atoms with E-state index in [4.69, 9.17) is 0 Å². The molecule has 0 heterocycles. The lowest BCUT2D eigenvalue weighted by Crippen LogP contribution is -2.39. The summed E-state index contributed by atoms with van der Waals surface area (Å²) >= 11 is 0. The van der Waals surface area contributed by atoms with E-state index in [1.807, 2.05) is 0 Å². The van der Waals surface area contributed by atoms with Gasteiger partial charge in [0.2, 0.25) is 0 Å². The quantitative estimate of drug-likeness (QED) is 0.700. The number of carbonyl (C=O) groups is 2. The topological polar surface area (TPSA) is 55.4 Å². The van der Waals surface area contributed by atoms with Crippen LogP contribution in [0.15, 0.2) is 0 Å². The molecule has 1 saturated carbocycles. The summed E-state index contributed by atoms with van der Waals surface area (Å²) < 4.78 is 4.48. The summed E-state index contributed by atoms with van der Waals surface area (Å²) in [5.41, 5.74) is 0. The number of Topliss-reactive ketones (excluding diaryl/α,β-unsaturated/α-hetero) is 1. The van der Waals surface area contributed by atoms with Crippen LogP contribution in [0.5, 0.6) is 0 Å². The van der Waals surface area contributed by atoms with Crippen LogP contribution < -0.4 is 5.32 Å². The first kappa shape index (κ1) is 10.0. The Morgan fingerprint density at radius 1 is 1.38 bits per heavy atom. The average molecular weight is 185 g/mol. The van der Waals surface area contributed by atoms with Crippen molar-refractivity contribution in [1.29, 1.82) is 0 Å². The Bertz CT molecular complexity index is 215. The monoisotopic (exact) mass is 185 g/mol. The van der Waals surface area contributed by atoms with Gasteiger partial charge in [-0.2, -0.15) is 0 Å². The number of rotatable bonds is 2. The number of amides is 1. The van der Waals surface area contributed by atoms with Gasteiger partial charge in [-0.25, -0.2) is 4.79 Å². The van der Waals surface area contributed by atoms with E-state index in [0.29, 0.717) is 0 Å². The van der Waals surface area contributed by atoms with Gasteiger partial charge in [0, 0.05) is 12.0 Å². The molecule has 0 saturated heterocycles. The first-order chi connectivity index (χ1) is 6.15. The van der Waals surface area contributed by atoms with Crippen molar-refractivity contribution in [3.8, 4) is 0 Å². The van der Waals surface area contributed by atoms with E-state index >= 15 is 0 Å². The van der Waals surface area contributed by atoms with E-state index in [2.05, 4.69) is 10.1 Å². The Kier molecular flexibility index (Phi) is 3.28. The van der Waals surface area contributed by atoms with Gasteiger partial charge in [0.15, 0.2) is 0 Å². The lowest BCUT2D eigenvalue weighted by molar-refractivity contribution is -0.121. The van der Waals surface area contributed by atoms with E-state index in [1.165, 1.54) is 7.11 Å². The van der Waals surface area contributed by atoms with Crippen molar-refractivity contribution >= 4 is 11.9 Å². The Labute approximate surface area is 77.6 Å². The minimum absolute atomic E-state index is 0.0147. The molecule has 0 aromatic heterocycles. The number of carbonyl (C=O) groups excluding carboxylic acids is 2. The molecule has 0 aromatic carbocycles. The second-order valence-corrected chi connectivity index (χ2v) is 3.39. The van der Waals surface area contributed by atoms with Gasteiger partial charge in [-0.3, -0.25) is 4.79 Å². The zero-order chi connectivity index (χ0) is 9.84. The zero-order valence-electron chi connectivity index (χ0n) is 8.00. The number of hydrogen-bond acceptors (Lipinski definition) is 3. The Balaban J connectivity index is 2.48. The predicted molar refractivity (Wildman–Crippen MR) is 47.4 cm³/mol. The van der Waals surface area contributed by atoms with E-state index in [0.717, 1.165) is 19.3 Å². The molecule has 1 aliphatic carbocycles. The van der Waals surface area contributed by atoms with E-state index in [9.17, 15) is 9.59 Å². The van der Waals surface area contributed by atoms with Crippen molar-refractivity contribution in [3.63, 3.8) is 0 Å². The van der Waals surface area contributed by atoms with Crippen molar-refractivity contribution in [3.05, 3.63) is 0 Å². The molecule has 4 heteroatoms. The highest BCUT2D eigenvalue weighted by molar-refractivity contribution is 5.80. The molecular weight excluding hydrogens is 170 g/mol. The molecule has 0 spiro atoms. The van der Waals surface area contributed by atoms with Crippen LogP contribution >= 0.6 is 0 Å². The number of ether oxygens (including phenoxy) is 1. The maximum Gasteiger partial charge on any atom is 0.407 e. The Hall–Kier alpha value is -1.06. The highest BCUT2D eigenvalue weighted by atomic mass is 16.5. The molecule has 0 radical (unpaired) electrons. The fourth-order valence-corrected chi connectivity index (χ4v) is 1.83. The molecule has 1 N–H and O–H groups in total. The van der Waals surface area contributed by atoms with Crippen molar-refractivity contribution in [2.24, 2.45) is 5.92 Å². The second kappa shape index (κ2) is 4.25. The summed E-state index contributed by atoms with van der Waals surface area (Å²) in [6.07, 6.45) is 2.31. The van der Waals surface area contributed by atoms with Crippen LogP contribution in [-0.2, 0) is 9.53 Å². The van der Waals surface area contributed by atoms with E-state index < -0.39 is 6.09 Å². The van der Waals surface area contributed by atoms with Crippen LogP contribution in [0.4, 0.5) is 4.79 Å². The Morgan fingerprint density at radius 2 is 2.08 bits per heavy atom. The van der Waals surface area contributed by atoms with Crippen LogP contribution in [0.3, 0.4) is 0 Å². The molecule has 74 valence electrons. The first-order valence-electron chi connectivity index (χ1n) is 4.50. The van der Waals surface area contributed by atoms with E-state index in [-0.39, 0.29) is 17.7 Å². The third kappa shape index (κ3) is 2.44. The standard InChI is InChI=1S/C9H15NO3/c1-6(11)7-4-3-5-8(7)10-9(12)13-2/h7-8H,3-5H2,1-2H3,(H,10,12)/t7-,8+/m0/s1. The molecule has 4 nitrogen and oxygen atoms in total. The van der Waals surface area contributed by atoms with Gasteiger partial charge in [-0.15, -0.1) is 0 Å².